The number of nitrogens with two attached hydrogens (primary N) is 1. The topological polar surface area (TPSA) is 94.0 Å². The number of aromatic nitrogens is 3. The molecule has 2 rings (SSSR count). The van der Waals surface area contributed by atoms with Crippen LogP contribution in [0, 0.1) is 9.39 Å². The van der Waals surface area contributed by atoms with Crippen molar-refractivity contribution in [3.05, 3.63) is 27.6 Å². The third kappa shape index (κ3) is 3.15. The fourth-order valence-electron chi connectivity index (χ4n) is 1.36. The zero-order valence-electron chi connectivity index (χ0n) is 9.38. The summed E-state index contributed by atoms with van der Waals surface area (Å²) >= 11 is 2.94. The summed E-state index contributed by atoms with van der Waals surface area (Å²) < 4.78 is 14.9. The van der Waals surface area contributed by atoms with Gasteiger partial charge in [-0.3, -0.25) is 4.79 Å². The van der Waals surface area contributed by atoms with Gasteiger partial charge in [0, 0.05) is 9.13 Å². The number of halogens is 2. The molecule has 100 valence electrons. The van der Waals surface area contributed by atoms with Crippen molar-refractivity contribution in [1.29, 1.82) is 0 Å². The maximum atomic E-state index is 13.0. The lowest BCUT2D eigenvalue weighted by Gasteiger charge is -2.04. The number of aliphatic carboxylic acids is 1. The lowest BCUT2D eigenvalue weighted by Crippen LogP contribution is -2.13. The number of benzene rings is 1. The van der Waals surface area contributed by atoms with E-state index in [1.807, 2.05) is 22.6 Å². The van der Waals surface area contributed by atoms with E-state index in [4.69, 9.17) is 10.9 Å². The van der Waals surface area contributed by atoms with E-state index in [0.717, 1.165) is 11.8 Å². The van der Waals surface area contributed by atoms with E-state index in [1.54, 1.807) is 6.07 Å². The van der Waals surface area contributed by atoms with E-state index in [2.05, 4.69) is 10.2 Å². The molecule has 0 bridgehead atoms. The largest absolute Gasteiger partial charge is 0.481 e. The molecule has 0 saturated heterocycles. The predicted molar refractivity (Wildman–Crippen MR) is 76.6 cm³/mol. The molecular formula is C10H8FIN4O2S. The van der Waals surface area contributed by atoms with Crippen molar-refractivity contribution >= 4 is 40.3 Å². The molecule has 6 nitrogen and oxygen atoms in total. The predicted octanol–water partition coefficient (Wildman–Crippen LogP) is 1.58. The van der Waals surface area contributed by atoms with Gasteiger partial charge in [-0.15, -0.1) is 10.2 Å². The van der Waals surface area contributed by atoms with Crippen molar-refractivity contribution in [3.63, 3.8) is 0 Å². The molecule has 0 aliphatic heterocycles. The van der Waals surface area contributed by atoms with Gasteiger partial charge >= 0.3 is 5.97 Å². The van der Waals surface area contributed by atoms with Crippen LogP contribution in [0.25, 0.3) is 11.4 Å². The van der Waals surface area contributed by atoms with Gasteiger partial charge in [0.05, 0.1) is 5.75 Å². The molecule has 0 aliphatic rings. The van der Waals surface area contributed by atoms with Crippen LogP contribution in [0.4, 0.5) is 4.39 Å². The standard InChI is InChI=1S/C10H8FIN4O2S/c11-5-1-2-6(7(12)3-5)9-14-15-10(16(9)13)19-4-8(17)18/h1-3H,4,13H2,(H,17,18). The van der Waals surface area contributed by atoms with Gasteiger partial charge in [-0.25, -0.2) is 9.07 Å². The molecule has 0 saturated carbocycles. The number of carboxylic acid groups (broad SMARTS) is 1. The first-order valence-corrected chi connectivity index (χ1v) is 7.06. The number of carbonyl (C=O) groups is 1. The molecule has 1 aromatic carbocycles. The monoisotopic (exact) mass is 394 g/mol. The van der Waals surface area contributed by atoms with Gasteiger partial charge in [-0.05, 0) is 40.8 Å². The molecule has 0 amide bonds. The van der Waals surface area contributed by atoms with Crippen LogP contribution >= 0.6 is 34.4 Å². The van der Waals surface area contributed by atoms with E-state index in [9.17, 15) is 9.18 Å². The maximum absolute atomic E-state index is 13.0. The molecule has 0 unspecified atom stereocenters. The van der Waals surface area contributed by atoms with Crippen LogP contribution < -0.4 is 5.84 Å². The molecule has 0 spiro atoms. The Labute approximate surface area is 125 Å². The number of hydrogen-bond acceptors (Lipinski definition) is 5. The average Bonchev–Trinajstić information content (AvgIpc) is 2.68. The van der Waals surface area contributed by atoms with Gasteiger partial charge in [0.15, 0.2) is 5.82 Å². The molecule has 19 heavy (non-hydrogen) atoms. The van der Waals surface area contributed by atoms with E-state index in [0.29, 0.717) is 15.0 Å². The first-order valence-electron chi connectivity index (χ1n) is 4.99. The van der Waals surface area contributed by atoms with Crippen molar-refractivity contribution in [1.82, 2.24) is 14.9 Å². The van der Waals surface area contributed by atoms with Gasteiger partial charge in [0.25, 0.3) is 0 Å². The molecule has 2 aromatic rings. The summed E-state index contributed by atoms with van der Waals surface area (Å²) in [6.45, 7) is 0. The third-order valence-corrected chi connectivity index (χ3v) is 3.98. The third-order valence-electron chi connectivity index (χ3n) is 2.16. The van der Waals surface area contributed by atoms with Gasteiger partial charge in [-0.2, -0.15) is 0 Å². The first-order chi connectivity index (χ1) is 8.99. The van der Waals surface area contributed by atoms with Gasteiger partial charge in [-0.1, -0.05) is 11.8 Å². The first kappa shape index (κ1) is 14.1. The molecule has 0 fully saturated rings. The Morgan fingerprint density at radius 1 is 1.53 bits per heavy atom. The summed E-state index contributed by atoms with van der Waals surface area (Å²) in [5.41, 5.74) is 0.638. The number of rotatable bonds is 4. The summed E-state index contributed by atoms with van der Waals surface area (Å²) in [6, 6.07) is 4.21. The summed E-state index contributed by atoms with van der Waals surface area (Å²) in [5.74, 6) is 4.69. The Hall–Kier alpha value is -1.36. The van der Waals surface area contributed by atoms with Crippen molar-refractivity contribution in [2.24, 2.45) is 0 Å². The molecule has 0 atom stereocenters. The van der Waals surface area contributed by atoms with E-state index < -0.39 is 5.97 Å². The van der Waals surface area contributed by atoms with Crippen LogP contribution in [-0.4, -0.2) is 31.7 Å². The van der Waals surface area contributed by atoms with Gasteiger partial charge in [0.2, 0.25) is 5.16 Å². The molecule has 0 aliphatic carbocycles. The van der Waals surface area contributed by atoms with Crippen LogP contribution in [0.3, 0.4) is 0 Å². The van der Waals surface area contributed by atoms with E-state index >= 15 is 0 Å². The Morgan fingerprint density at radius 3 is 2.89 bits per heavy atom. The molecule has 1 heterocycles. The minimum Gasteiger partial charge on any atom is -0.481 e. The van der Waals surface area contributed by atoms with Crippen LogP contribution in [0.15, 0.2) is 23.4 Å². The summed E-state index contributed by atoms with van der Waals surface area (Å²) in [4.78, 5) is 10.5. The van der Waals surface area contributed by atoms with Gasteiger partial charge < -0.3 is 10.9 Å². The van der Waals surface area contributed by atoms with Crippen LogP contribution in [0.5, 0.6) is 0 Å². The second-order valence-electron chi connectivity index (χ2n) is 3.48. The molecule has 1 aromatic heterocycles. The normalized spacial score (nSPS) is 10.6. The lowest BCUT2D eigenvalue weighted by atomic mass is 10.2. The van der Waals surface area contributed by atoms with Crippen molar-refractivity contribution < 1.29 is 14.3 Å². The number of hydrogen-bond donors (Lipinski definition) is 2. The highest BCUT2D eigenvalue weighted by molar-refractivity contribution is 14.1. The SMILES string of the molecule is Nn1c(SCC(=O)O)nnc1-c1ccc(F)cc1I. The van der Waals surface area contributed by atoms with Crippen molar-refractivity contribution in [2.75, 3.05) is 11.6 Å². The second-order valence-corrected chi connectivity index (χ2v) is 5.59. The molecule has 9 heteroatoms. The Morgan fingerprint density at radius 2 is 2.26 bits per heavy atom. The number of thioether (sulfide) groups is 1. The highest BCUT2D eigenvalue weighted by Crippen LogP contribution is 2.26. The van der Waals surface area contributed by atoms with Crippen molar-refractivity contribution in [2.45, 2.75) is 5.16 Å². The van der Waals surface area contributed by atoms with E-state index in [1.165, 1.54) is 16.8 Å². The van der Waals surface area contributed by atoms with Crippen LogP contribution in [0.1, 0.15) is 0 Å². The lowest BCUT2D eigenvalue weighted by molar-refractivity contribution is -0.133. The molecule has 0 radical (unpaired) electrons. The highest BCUT2D eigenvalue weighted by atomic mass is 127. The highest BCUT2D eigenvalue weighted by Gasteiger charge is 2.15. The maximum Gasteiger partial charge on any atom is 0.313 e. The minimum atomic E-state index is -0.967. The fourth-order valence-corrected chi connectivity index (χ4v) is 2.65. The molecule has 3 N–H and O–H groups in total. The van der Waals surface area contributed by atoms with E-state index in [-0.39, 0.29) is 16.7 Å². The van der Waals surface area contributed by atoms with Crippen LogP contribution in [0.2, 0.25) is 0 Å². The smallest absolute Gasteiger partial charge is 0.313 e. The Bertz CT molecular complexity index is 634. The quantitative estimate of drug-likeness (QED) is 0.465. The average molecular weight is 394 g/mol. The molecular weight excluding hydrogens is 386 g/mol. The van der Waals surface area contributed by atoms with Crippen molar-refractivity contribution in [3.8, 4) is 11.4 Å². The van der Waals surface area contributed by atoms with Gasteiger partial charge in [0.1, 0.15) is 5.82 Å². The summed E-state index contributed by atoms with van der Waals surface area (Å²) in [5, 5.41) is 16.6. The second kappa shape index (κ2) is 5.74. The van der Waals surface area contributed by atoms with Crippen LogP contribution in [-0.2, 0) is 4.79 Å². The number of nitrogen functional groups attached to an aromatic ring is 1. The fraction of sp³-hybridized carbons (Fsp3) is 0.100. The summed E-state index contributed by atoms with van der Waals surface area (Å²) in [7, 11) is 0. The number of carboxylic acids is 1. The zero-order chi connectivity index (χ0) is 14.0. The number of nitrogens with zero attached hydrogens (tertiary/aromatic N) is 3. The Balaban J connectivity index is 2.33. The Kier molecular flexibility index (Phi) is 4.24. The minimum absolute atomic E-state index is 0.157. The summed E-state index contributed by atoms with van der Waals surface area (Å²) in [6.07, 6.45) is 0. The zero-order valence-corrected chi connectivity index (χ0v) is 12.4.